The number of carbonyl (C=O) groups is 3. The van der Waals surface area contributed by atoms with Crippen LogP contribution in [0.1, 0.15) is 40.2 Å². The Morgan fingerprint density at radius 2 is 1.59 bits per heavy atom. The van der Waals surface area contributed by atoms with Crippen molar-refractivity contribution in [1.82, 2.24) is 20.0 Å². The minimum absolute atomic E-state index is 0.0676. The highest BCUT2D eigenvalue weighted by atomic mass is 35.5. The quantitative estimate of drug-likeness (QED) is 0.391. The van der Waals surface area contributed by atoms with Crippen molar-refractivity contribution in [2.75, 3.05) is 39.0 Å². The monoisotopic (exact) mass is 634 g/mol. The van der Waals surface area contributed by atoms with E-state index < -0.39 is 21.4 Å². The highest BCUT2D eigenvalue weighted by Gasteiger charge is 2.52. The molecule has 0 radical (unpaired) electrons. The summed E-state index contributed by atoms with van der Waals surface area (Å²) < 4.78 is 23.6. The molecule has 3 saturated heterocycles. The Hall–Kier alpha value is -3.73. The van der Waals surface area contributed by atoms with Gasteiger partial charge in [0, 0.05) is 44.9 Å². The van der Waals surface area contributed by atoms with Gasteiger partial charge in [-0.05, 0) is 54.2 Å². The molecule has 44 heavy (non-hydrogen) atoms. The lowest BCUT2D eigenvalue weighted by molar-refractivity contribution is -0.133. The number of rotatable bonds is 7. The average molecular weight is 635 g/mol. The van der Waals surface area contributed by atoms with Gasteiger partial charge in [0.1, 0.15) is 5.54 Å². The van der Waals surface area contributed by atoms with E-state index in [4.69, 9.17) is 11.6 Å². The highest BCUT2D eigenvalue weighted by molar-refractivity contribution is 7.90. The number of nitrogens with zero attached hydrogens (tertiary/aromatic N) is 3. The van der Waals surface area contributed by atoms with Crippen molar-refractivity contribution < 1.29 is 22.8 Å². The molecule has 1 N–H and O–H groups in total. The van der Waals surface area contributed by atoms with Gasteiger partial charge in [-0.15, -0.1) is 0 Å². The van der Waals surface area contributed by atoms with Crippen LogP contribution in [0.15, 0.2) is 83.8 Å². The van der Waals surface area contributed by atoms with Crippen molar-refractivity contribution in [2.24, 2.45) is 5.92 Å². The number of hydrogen-bond donors (Lipinski definition) is 1. The standard InChI is InChI=1S/C33H35ClN4O5S/c1-44(42,43)26-13-11-23(12-14-26)19-38-31(40)33(35-32(38)41)15-17-36(18-16-33)20-25-21-37(22-28(25)24-7-3-2-4-8-24)30(39)27-9-5-6-10-29(27)34/h2-14,25,28H,15-22H2,1H3,(H,35,41). The molecule has 1 spiro atoms. The second-order valence-electron chi connectivity index (χ2n) is 12.1. The van der Waals surface area contributed by atoms with Crippen LogP contribution in [0.5, 0.6) is 0 Å². The maximum atomic E-state index is 13.6. The maximum Gasteiger partial charge on any atom is 0.325 e. The first-order chi connectivity index (χ1) is 21.0. The molecule has 0 aromatic heterocycles. The van der Waals surface area contributed by atoms with Gasteiger partial charge in [0.25, 0.3) is 11.8 Å². The number of sulfone groups is 1. The summed E-state index contributed by atoms with van der Waals surface area (Å²) in [6.45, 7) is 3.33. The fourth-order valence-corrected chi connectivity index (χ4v) is 7.58. The molecule has 2 unspecified atom stereocenters. The zero-order valence-electron chi connectivity index (χ0n) is 24.5. The third-order valence-corrected chi connectivity index (χ3v) is 10.7. The molecule has 11 heteroatoms. The summed E-state index contributed by atoms with van der Waals surface area (Å²) in [5.74, 6) is 0.0462. The molecule has 6 rings (SSSR count). The summed E-state index contributed by atoms with van der Waals surface area (Å²) in [5, 5.41) is 3.41. The van der Waals surface area contributed by atoms with Crippen LogP contribution in [0.25, 0.3) is 0 Å². The molecule has 2 atom stereocenters. The van der Waals surface area contributed by atoms with Gasteiger partial charge in [-0.25, -0.2) is 13.2 Å². The Morgan fingerprint density at radius 3 is 2.25 bits per heavy atom. The van der Waals surface area contributed by atoms with E-state index in [0.29, 0.717) is 55.2 Å². The number of halogens is 1. The predicted molar refractivity (Wildman–Crippen MR) is 167 cm³/mol. The average Bonchev–Trinajstić information content (AvgIpc) is 3.53. The largest absolute Gasteiger partial charge is 0.338 e. The predicted octanol–water partition coefficient (Wildman–Crippen LogP) is 4.19. The van der Waals surface area contributed by atoms with Gasteiger partial charge in [0.05, 0.1) is 22.0 Å². The smallest absolute Gasteiger partial charge is 0.325 e. The van der Waals surface area contributed by atoms with E-state index in [9.17, 15) is 22.8 Å². The number of carbonyl (C=O) groups excluding carboxylic acids is 3. The molecule has 0 bridgehead atoms. The number of likely N-dealkylation sites (tertiary alicyclic amines) is 2. The molecule has 3 heterocycles. The Balaban J connectivity index is 1.11. The normalized spacial score (nSPS) is 22.0. The number of amides is 4. The Labute approximate surface area is 262 Å². The van der Waals surface area contributed by atoms with Crippen LogP contribution in [0.4, 0.5) is 4.79 Å². The van der Waals surface area contributed by atoms with Crippen LogP contribution in [-0.4, -0.2) is 85.5 Å². The fraction of sp³-hybridized carbons (Fsp3) is 0.364. The number of benzene rings is 3. The van der Waals surface area contributed by atoms with E-state index in [1.165, 1.54) is 22.6 Å². The molecule has 0 aliphatic carbocycles. The minimum atomic E-state index is -3.34. The van der Waals surface area contributed by atoms with Gasteiger partial charge >= 0.3 is 6.03 Å². The topological polar surface area (TPSA) is 107 Å². The molecule has 3 fully saturated rings. The van der Waals surface area contributed by atoms with Crippen molar-refractivity contribution in [3.63, 3.8) is 0 Å². The lowest BCUT2D eigenvalue weighted by atomic mass is 9.85. The van der Waals surface area contributed by atoms with E-state index in [1.807, 2.05) is 35.2 Å². The summed E-state index contributed by atoms with van der Waals surface area (Å²) in [5.41, 5.74) is 1.44. The van der Waals surface area contributed by atoms with Gasteiger partial charge < -0.3 is 15.1 Å². The van der Waals surface area contributed by atoms with Crippen molar-refractivity contribution in [3.8, 4) is 0 Å². The summed E-state index contributed by atoms with van der Waals surface area (Å²) >= 11 is 6.36. The van der Waals surface area contributed by atoms with Crippen LogP contribution in [0.3, 0.4) is 0 Å². The molecule has 3 aromatic carbocycles. The van der Waals surface area contributed by atoms with E-state index in [2.05, 4.69) is 22.3 Å². The number of hydrogen-bond acceptors (Lipinski definition) is 6. The van der Waals surface area contributed by atoms with Gasteiger partial charge in [0.15, 0.2) is 9.84 Å². The fourth-order valence-electron chi connectivity index (χ4n) is 6.74. The third-order valence-electron chi connectivity index (χ3n) is 9.20. The number of nitrogens with one attached hydrogen (secondary N) is 1. The van der Waals surface area contributed by atoms with Crippen LogP contribution >= 0.6 is 11.6 Å². The Morgan fingerprint density at radius 1 is 0.932 bits per heavy atom. The van der Waals surface area contributed by atoms with Crippen LogP contribution in [-0.2, 0) is 21.2 Å². The lowest BCUT2D eigenvalue weighted by Crippen LogP contribution is -2.55. The summed E-state index contributed by atoms with van der Waals surface area (Å²) in [7, 11) is -3.34. The molecular formula is C33H35ClN4O5S. The maximum absolute atomic E-state index is 13.6. The van der Waals surface area contributed by atoms with E-state index >= 15 is 0 Å². The summed E-state index contributed by atoms with van der Waals surface area (Å²) in [6, 6.07) is 23.2. The zero-order valence-corrected chi connectivity index (χ0v) is 26.1. The van der Waals surface area contributed by atoms with Crippen molar-refractivity contribution in [3.05, 3.63) is 101 Å². The van der Waals surface area contributed by atoms with Crippen LogP contribution in [0.2, 0.25) is 5.02 Å². The second-order valence-corrected chi connectivity index (χ2v) is 14.5. The minimum Gasteiger partial charge on any atom is -0.338 e. The van der Waals surface area contributed by atoms with Crippen LogP contribution in [0, 0.1) is 5.92 Å². The second kappa shape index (κ2) is 12.0. The molecule has 3 aromatic rings. The zero-order chi connectivity index (χ0) is 31.1. The first-order valence-electron chi connectivity index (χ1n) is 14.8. The molecular weight excluding hydrogens is 600 g/mol. The Kier molecular flexibility index (Phi) is 8.26. The van der Waals surface area contributed by atoms with Gasteiger partial charge in [0.2, 0.25) is 0 Å². The van der Waals surface area contributed by atoms with Gasteiger partial charge in [-0.2, -0.15) is 0 Å². The number of piperidine rings is 1. The van der Waals surface area contributed by atoms with Gasteiger partial charge in [-0.1, -0.05) is 66.2 Å². The molecule has 3 aliphatic rings. The molecule has 0 saturated carbocycles. The third kappa shape index (κ3) is 5.98. The molecule has 4 amide bonds. The molecule has 230 valence electrons. The van der Waals surface area contributed by atoms with E-state index in [1.54, 1.807) is 24.3 Å². The molecule has 9 nitrogen and oxygen atoms in total. The lowest BCUT2D eigenvalue weighted by Gasteiger charge is -2.38. The number of urea groups is 1. The Bertz CT molecular complexity index is 1670. The van der Waals surface area contributed by atoms with Crippen molar-refractivity contribution >= 4 is 39.3 Å². The summed E-state index contributed by atoms with van der Waals surface area (Å²) in [4.78, 5) is 45.6. The highest BCUT2D eigenvalue weighted by Crippen LogP contribution is 2.37. The first-order valence-corrected chi connectivity index (χ1v) is 17.1. The van der Waals surface area contributed by atoms with Crippen molar-refractivity contribution in [2.45, 2.75) is 35.7 Å². The first kappa shape index (κ1) is 30.3. The van der Waals surface area contributed by atoms with E-state index in [0.717, 1.165) is 12.8 Å². The molecule has 3 aliphatic heterocycles. The van der Waals surface area contributed by atoms with Crippen molar-refractivity contribution in [1.29, 1.82) is 0 Å². The van der Waals surface area contributed by atoms with Gasteiger partial charge in [-0.3, -0.25) is 14.5 Å². The van der Waals surface area contributed by atoms with Crippen LogP contribution < -0.4 is 5.32 Å². The van der Waals surface area contributed by atoms with E-state index in [-0.39, 0.29) is 35.1 Å². The summed E-state index contributed by atoms with van der Waals surface area (Å²) in [6.07, 6.45) is 2.12. The SMILES string of the molecule is CS(=O)(=O)c1ccc(CN2C(=O)NC3(CCN(CC4CN(C(=O)c5ccccc5Cl)CC4c4ccccc4)CC3)C2=O)cc1. The number of imide groups is 1.